The number of fused-ring (bicyclic) bond motifs is 1. The van der Waals surface area contributed by atoms with Gasteiger partial charge >= 0.3 is 0 Å². The maximum absolute atomic E-state index is 11.6. The summed E-state index contributed by atoms with van der Waals surface area (Å²) in [6.45, 7) is 1.77. The molecule has 2 rings (SSSR count). The number of nitrogen functional groups attached to an aromatic ring is 1. The second-order valence-electron chi connectivity index (χ2n) is 4.75. The van der Waals surface area contributed by atoms with Gasteiger partial charge in [-0.15, -0.1) is 0 Å². The zero-order valence-corrected chi connectivity index (χ0v) is 11.9. The second kappa shape index (κ2) is 5.40. The molecule has 0 radical (unpaired) electrons. The number of nitrogens with two attached hydrogens (primary N) is 1. The monoisotopic (exact) mass is 295 g/mol. The summed E-state index contributed by atoms with van der Waals surface area (Å²) in [4.78, 5) is -0.238. The first-order valence-electron chi connectivity index (χ1n) is 6.25. The summed E-state index contributed by atoms with van der Waals surface area (Å²) in [5.74, 6) is 0. The molecule has 0 saturated heterocycles. The lowest BCUT2D eigenvalue weighted by Gasteiger charge is -2.13. The van der Waals surface area contributed by atoms with Crippen LogP contribution >= 0.6 is 0 Å². The lowest BCUT2D eigenvalue weighted by Crippen LogP contribution is -2.06. The molecule has 0 aromatic heterocycles. The van der Waals surface area contributed by atoms with Gasteiger partial charge in [-0.3, -0.25) is 4.55 Å². The van der Waals surface area contributed by atoms with Crippen LogP contribution in [0.15, 0.2) is 29.2 Å². The molecule has 0 amide bonds. The SMILES string of the molecule is Cc1cc2c(CCCO)cccc2c(S(=O)(=O)O)c1N. The predicted molar refractivity (Wildman–Crippen MR) is 78.3 cm³/mol. The quantitative estimate of drug-likeness (QED) is 0.591. The first kappa shape index (κ1) is 14.8. The Kier molecular flexibility index (Phi) is 3.99. The van der Waals surface area contributed by atoms with Crippen molar-refractivity contribution in [1.82, 2.24) is 0 Å². The largest absolute Gasteiger partial charge is 0.397 e. The van der Waals surface area contributed by atoms with Gasteiger partial charge in [0.1, 0.15) is 4.90 Å². The van der Waals surface area contributed by atoms with Crippen molar-refractivity contribution in [3.8, 4) is 0 Å². The molecule has 2 aromatic carbocycles. The molecule has 0 atom stereocenters. The summed E-state index contributed by atoms with van der Waals surface area (Å²) in [7, 11) is -4.39. The highest BCUT2D eigenvalue weighted by Crippen LogP contribution is 2.33. The van der Waals surface area contributed by atoms with E-state index >= 15 is 0 Å². The number of aliphatic hydroxyl groups excluding tert-OH is 1. The highest BCUT2D eigenvalue weighted by atomic mass is 32.2. The van der Waals surface area contributed by atoms with Crippen LogP contribution in [0.2, 0.25) is 0 Å². The average molecular weight is 295 g/mol. The summed E-state index contributed by atoms with van der Waals surface area (Å²) in [6, 6.07) is 7.03. The Balaban J connectivity index is 2.83. The van der Waals surface area contributed by atoms with Gasteiger partial charge in [-0.05, 0) is 42.3 Å². The molecule has 0 aliphatic heterocycles. The van der Waals surface area contributed by atoms with Crippen LogP contribution in [0.3, 0.4) is 0 Å². The molecular weight excluding hydrogens is 278 g/mol. The van der Waals surface area contributed by atoms with Crippen molar-refractivity contribution in [3.63, 3.8) is 0 Å². The van der Waals surface area contributed by atoms with Crippen molar-refractivity contribution in [2.24, 2.45) is 0 Å². The van der Waals surface area contributed by atoms with E-state index in [2.05, 4.69) is 0 Å². The molecule has 5 nitrogen and oxygen atoms in total. The van der Waals surface area contributed by atoms with Crippen LogP contribution in [0, 0.1) is 6.92 Å². The highest BCUT2D eigenvalue weighted by molar-refractivity contribution is 7.86. The van der Waals surface area contributed by atoms with Crippen molar-refractivity contribution < 1.29 is 18.1 Å². The highest BCUT2D eigenvalue weighted by Gasteiger charge is 2.20. The van der Waals surface area contributed by atoms with Crippen LogP contribution in [0.5, 0.6) is 0 Å². The van der Waals surface area contributed by atoms with E-state index < -0.39 is 10.1 Å². The standard InChI is InChI=1S/C14H17NO4S/c1-9-8-12-10(5-3-7-16)4-2-6-11(12)14(13(9)15)20(17,18)19/h2,4,6,8,16H,3,5,7,15H2,1H3,(H,17,18,19). The molecule has 0 saturated carbocycles. The summed E-state index contributed by atoms with van der Waals surface area (Å²) in [5.41, 5.74) is 7.39. The van der Waals surface area contributed by atoms with Crippen LogP contribution in [0.1, 0.15) is 17.5 Å². The number of anilines is 1. The third kappa shape index (κ3) is 2.63. The first-order valence-corrected chi connectivity index (χ1v) is 7.69. The lowest BCUT2D eigenvalue weighted by atomic mass is 9.98. The number of aryl methyl sites for hydroxylation is 2. The molecule has 108 valence electrons. The van der Waals surface area contributed by atoms with Crippen molar-refractivity contribution in [2.45, 2.75) is 24.7 Å². The third-order valence-corrected chi connectivity index (χ3v) is 4.29. The van der Waals surface area contributed by atoms with Gasteiger partial charge < -0.3 is 10.8 Å². The lowest BCUT2D eigenvalue weighted by molar-refractivity contribution is 0.289. The van der Waals surface area contributed by atoms with Gasteiger partial charge in [0.15, 0.2) is 0 Å². The number of rotatable bonds is 4. The zero-order valence-electron chi connectivity index (χ0n) is 11.1. The second-order valence-corrected chi connectivity index (χ2v) is 6.11. The molecule has 2 aromatic rings. The van der Waals surface area contributed by atoms with Crippen molar-refractivity contribution in [1.29, 1.82) is 0 Å². The number of hydrogen-bond acceptors (Lipinski definition) is 4. The number of hydrogen-bond donors (Lipinski definition) is 3. The molecule has 0 spiro atoms. The van der Waals surface area contributed by atoms with Crippen LogP contribution < -0.4 is 5.73 Å². The topological polar surface area (TPSA) is 101 Å². The molecule has 6 heteroatoms. The summed E-state index contributed by atoms with van der Waals surface area (Å²) in [5, 5.41) is 10.1. The third-order valence-electron chi connectivity index (χ3n) is 3.33. The summed E-state index contributed by atoms with van der Waals surface area (Å²) < 4.78 is 32.6. The van der Waals surface area contributed by atoms with Crippen molar-refractivity contribution >= 4 is 26.6 Å². The van der Waals surface area contributed by atoms with E-state index in [-0.39, 0.29) is 17.2 Å². The molecule has 0 unspecified atom stereocenters. The van der Waals surface area contributed by atoms with Gasteiger partial charge in [-0.1, -0.05) is 18.2 Å². The van der Waals surface area contributed by atoms with E-state index in [1.807, 2.05) is 12.1 Å². The molecule has 0 aliphatic carbocycles. The maximum atomic E-state index is 11.6. The minimum Gasteiger partial charge on any atom is -0.397 e. The van der Waals surface area contributed by atoms with Gasteiger partial charge in [0, 0.05) is 12.0 Å². The van der Waals surface area contributed by atoms with Crippen LogP contribution in [-0.2, 0) is 16.5 Å². The van der Waals surface area contributed by atoms with E-state index in [1.54, 1.807) is 19.1 Å². The van der Waals surface area contributed by atoms with Crippen LogP contribution in [0.25, 0.3) is 10.8 Å². The fourth-order valence-electron chi connectivity index (χ4n) is 2.37. The fraction of sp³-hybridized carbons (Fsp3) is 0.286. The Hall–Kier alpha value is -1.63. The summed E-state index contributed by atoms with van der Waals surface area (Å²) in [6.07, 6.45) is 1.21. The molecule has 20 heavy (non-hydrogen) atoms. The van der Waals surface area contributed by atoms with E-state index in [4.69, 9.17) is 10.8 Å². The first-order chi connectivity index (χ1) is 9.36. The summed E-state index contributed by atoms with van der Waals surface area (Å²) >= 11 is 0. The zero-order chi connectivity index (χ0) is 14.9. The van der Waals surface area contributed by atoms with Gasteiger partial charge in [0.05, 0.1) is 5.69 Å². The van der Waals surface area contributed by atoms with E-state index in [9.17, 15) is 13.0 Å². The Morgan fingerprint density at radius 3 is 2.55 bits per heavy atom. The molecule has 0 fully saturated rings. The fourth-order valence-corrected chi connectivity index (χ4v) is 3.26. The van der Waals surface area contributed by atoms with Gasteiger partial charge in [-0.25, -0.2) is 0 Å². The smallest absolute Gasteiger partial charge is 0.297 e. The number of benzene rings is 2. The maximum Gasteiger partial charge on any atom is 0.297 e. The molecule has 0 heterocycles. The Labute approximate surface area is 117 Å². The van der Waals surface area contributed by atoms with Crippen LogP contribution in [0.4, 0.5) is 5.69 Å². The minimum atomic E-state index is -4.39. The van der Waals surface area contributed by atoms with E-state index in [1.165, 1.54) is 0 Å². The Bertz CT molecular complexity index is 753. The predicted octanol–water partition coefficient (Wildman–Crippen LogP) is 1.90. The van der Waals surface area contributed by atoms with Crippen molar-refractivity contribution in [2.75, 3.05) is 12.3 Å². The van der Waals surface area contributed by atoms with Gasteiger partial charge in [-0.2, -0.15) is 8.42 Å². The normalized spacial score (nSPS) is 11.9. The Morgan fingerprint density at radius 1 is 1.25 bits per heavy atom. The molecular formula is C14H17NO4S. The van der Waals surface area contributed by atoms with E-state index in [0.29, 0.717) is 23.8 Å². The minimum absolute atomic E-state index is 0.0650. The van der Waals surface area contributed by atoms with E-state index in [0.717, 1.165) is 10.9 Å². The van der Waals surface area contributed by atoms with Gasteiger partial charge in [0.2, 0.25) is 0 Å². The molecule has 0 aliphatic rings. The van der Waals surface area contributed by atoms with Gasteiger partial charge in [0.25, 0.3) is 10.1 Å². The van der Waals surface area contributed by atoms with Crippen molar-refractivity contribution in [3.05, 3.63) is 35.4 Å². The van der Waals surface area contributed by atoms with Crippen LogP contribution in [-0.4, -0.2) is 24.7 Å². The molecule has 0 bridgehead atoms. The average Bonchev–Trinajstić information content (AvgIpc) is 2.36. The Morgan fingerprint density at radius 2 is 1.95 bits per heavy atom. The number of aliphatic hydroxyl groups is 1. The molecule has 4 N–H and O–H groups in total.